The lowest BCUT2D eigenvalue weighted by molar-refractivity contribution is -0.114. The van der Waals surface area contributed by atoms with Gasteiger partial charge in [-0.1, -0.05) is 0 Å². The maximum Gasteiger partial charge on any atom is 0.243 e. The van der Waals surface area contributed by atoms with Crippen LogP contribution in [0.25, 0.3) is 0 Å². The lowest BCUT2D eigenvalue weighted by Gasteiger charge is -2.15. The summed E-state index contributed by atoms with van der Waals surface area (Å²) in [6.07, 6.45) is 0. The van der Waals surface area contributed by atoms with Crippen molar-refractivity contribution in [3.8, 4) is 23.0 Å². The summed E-state index contributed by atoms with van der Waals surface area (Å²) >= 11 is 0. The number of carbonyl (C=O) groups excluding carboxylic acids is 1. The van der Waals surface area contributed by atoms with Crippen molar-refractivity contribution in [2.24, 2.45) is 0 Å². The third-order valence-electron chi connectivity index (χ3n) is 3.49. The van der Waals surface area contributed by atoms with Gasteiger partial charge in [-0.25, -0.2) is 0 Å². The third-order valence-corrected chi connectivity index (χ3v) is 3.49. The Bertz CT molecular complexity index is 691. The number of nitrogens with one attached hydrogen (secondary N) is 2. The van der Waals surface area contributed by atoms with E-state index in [1.165, 1.54) is 21.3 Å². The normalized spacial score (nSPS) is 9.92. The van der Waals surface area contributed by atoms with Gasteiger partial charge >= 0.3 is 0 Å². The van der Waals surface area contributed by atoms with Gasteiger partial charge in [0.1, 0.15) is 5.75 Å². The molecule has 0 aliphatic rings. The molecule has 25 heavy (non-hydrogen) atoms. The highest BCUT2D eigenvalue weighted by Gasteiger charge is 2.13. The molecule has 0 radical (unpaired) electrons. The molecule has 2 rings (SSSR count). The van der Waals surface area contributed by atoms with E-state index in [-0.39, 0.29) is 12.5 Å². The van der Waals surface area contributed by atoms with E-state index >= 15 is 0 Å². The van der Waals surface area contributed by atoms with Crippen molar-refractivity contribution in [1.82, 2.24) is 0 Å². The zero-order valence-electron chi connectivity index (χ0n) is 14.7. The molecule has 0 bridgehead atoms. The number of anilines is 2. The van der Waals surface area contributed by atoms with Gasteiger partial charge in [0, 0.05) is 23.5 Å². The summed E-state index contributed by atoms with van der Waals surface area (Å²) in [5.41, 5.74) is 1.37. The summed E-state index contributed by atoms with van der Waals surface area (Å²) < 4.78 is 20.9. The molecular weight excluding hydrogens is 324 g/mol. The molecule has 2 N–H and O–H groups in total. The van der Waals surface area contributed by atoms with Crippen LogP contribution >= 0.6 is 0 Å². The molecule has 0 unspecified atom stereocenters. The van der Waals surface area contributed by atoms with Gasteiger partial charge in [-0.3, -0.25) is 4.79 Å². The molecule has 0 aliphatic heterocycles. The first kappa shape index (κ1) is 18.3. The standard InChI is InChI=1S/C18H22N2O5/c1-22-14-7-5-12(6-8-14)20-17(21)11-19-13-9-15(23-2)18(25-4)16(10-13)24-3/h5-10,19H,11H2,1-4H3,(H,20,21). The van der Waals surface area contributed by atoms with Crippen LogP contribution in [0.15, 0.2) is 36.4 Å². The molecule has 2 aromatic rings. The summed E-state index contributed by atoms with van der Waals surface area (Å²) in [5, 5.41) is 5.83. The first-order chi connectivity index (χ1) is 12.1. The molecule has 0 saturated carbocycles. The van der Waals surface area contributed by atoms with Crippen molar-refractivity contribution in [3.05, 3.63) is 36.4 Å². The lowest BCUT2D eigenvalue weighted by atomic mass is 10.2. The third kappa shape index (κ3) is 4.69. The van der Waals surface area contributed by atoms with Crippen molar-refractivity contribution in [1.29, 1.82) is 0 Å². The Morgan fingerprint density at radius 1 is 0.840 bits per heavy atom. The second-order valence-electron chi connectivity index (χ2n) is 5.04. The molecule has 7 heteroatoms. The van der Waals surface area contributed by atoms with Gasteiger partial charge in [0.2, 0.25) is 11.7 Å². The number of rotatable bonds is 8. The number of carbonyl (C=O) groups is 1. The summed E-state index contributed by atoms with van der Waals surface area (Å²) in [6, 6.07) is 10.6. The summed E-state index contributed by atoms with van der Waals surface area (Å²) in [7, 11) is 6.21. The maximum atomic E-state index is 12.1. The number of hydrogen-bond donors (Lipinski definition) is 2. The number of hydrogen-bond acceptors (Lipinski definition) is 6. The van der Waals surface area contributed by atoms with Crippen molar-refractivity contribution in [3.63, 3.8) is 0 Å². The SMILES string of the molecule is COc1ccc(NC(=O)CNc2cc(OC)c(OC)c(OC)c2)cc1. The Kier molecular flexibility index (Phi) is 6.33. The van der Waals surface area contributed by atoms with Crippen molar-refractivity contribution >= 4 is 17.3 Å². The number of benzene rings is 2. The summed E-state index contributed by atoms with van der Waals surface area (Å²) in [5.74, 6) is 2.07. The maximum absolute atomic E-state index is 12.1. The van der Waals surface area contributed by atoms with Crippen LogP contribution < -0.4 is 29.6 Å². The predicted molar refractivity (Wildman–Crippen MR) is 96.2 cm³/mol. The quantitative estimate of drug-likeness (QED) is 0.765. The summed E-state index contributed by atoms with van der Waals surface area (Å²) in [4.78, 5) is 12.1. The van der Waals surface area contributed by atoms with E-state index in [1.807, 2.05) is 0 Å². The second kappa shape index (κ2) is 8.68. The van der Waals surface area contributed by atoms with E-state index in [0.29, 0.717) is 28.6 Å². The molecule has 0 fully saturated rings. The molecule has 0 atom stereocenters. The molecule has 0 heterocycles. The van der Waals surface area contributed by atoms with Gasteiger partial charge in [-0.05, 0) is 24.3 Å². The van der Waals surface area contributed by atoms with E-state index in [1.54, 1.807) is 43.5 Å². The largest absolute Gasteiger partial charge is 0.497 e. The fraction of sp³-hybridized carbons (Fsp3) is 0.278. The smallest absolute Gasteiger partial charge is 0.243 e. The fourth-order valence-electron chi connectivity index (χ4n) is 2.25. The highest BCUT2D eigenvalue weighted by atomic mass is 16.5. The minimum Gasteiger partial charge on any atom is -0.497 e. The highest BCUT2D eigenvalue weighted by molar-refractivity contribution is 5.93. The van der Waals surface area contributed by atoms with Crippen LogP contribution in [0.3, 0.4) is 0 Å². The highest BCUT2D eigenvalue weighted by Crippen LogP contribution is 2.39. The van der Waals surface area contributed by atoms with Crippen LogP contribution in [0.2, 0.25) is 0 Å². The second-order valence-corrected chi connectivity index (χ2v) is 5.04. The zero-order valence-corrected chi connectivity index (χ0v) is 14.7. The van der Waals surface area contributed by atoms with Gasteiger partial charge in [-0.2, -0.15) is 0 Å². The molecule has 2 aromatic carbocycles. The van der Waals surface area contributed by atoms with Gasteiger partial charge in [0.05, 0.1) is 35.0 Å². The molecule has 0 saturated heterocycles. The first-order valence-corrected chi connectivity index (χ1v) is 7.59. The average Bonchev–Trinajstić information content (AvgIpc) is 2.65. The van der Waals surface area contributed by atoms with E-state index < -0.39 is 0 Å². The van der Waals surface area contributed by atoms with E-state index in [0.717, 1.165) is 5.75 Å². The van der Waals surface area contributed by atoms with Crippen molar-refractivity contribution in [2.75, 3.05) is 45.6 Å². The Morgan fingerprint density at radius 2 is 1.44 bits per heavy atom. The lowest BCUT2D eigenvalue weighted by Crippen LogP contribution is -2.21. The summed E-state index contributed by atoms with van der Waals surface area (Å²) in [6.45, 7) is 0.0880. The van der Waals surface area contributed by atoms with Gasteiger partial charge in [0.25, 0.3) is 0 Å². The molecule has 0 spiro atoms. The number of amides is 1. The minimum absolute atomic E-state index is 0.0880. The number of methoxy groups -OCH3 is 4. The first-order valence-electron chi connectivity index (χ1n) is 7.59. The fourth-order valence-corrected chi connectivity index (χ4v) is 2.25. The molecule has 7 nitrogen and oxygen atoms in total. The molecule has 1 amide bonds. The Morgan fingerprint density at radius 3 is 1.92 bits per heavy atom. The van der Waals surface area contributed by atoms with E-state index in [9.17, 15) is 4.79 Å². The van der Waals surface area contributed by atoms with Gasteiger partial charge < -0.3 is 29.6 Å². The monoisotopic (exact) mass is 346 g/mol. The number of ether oxygens (including phenoxy) is 4. The molecule has 0 aromatic heterocycles. The molecule has 134 valence electrons. The predicted octanol–water partition coefficient (Wildman–Crippen LogP) is 2.77. The Labute approximate surface area is 146 Å². The zero-order chi connectivity index (χ0) is 18.2. The van der Waals surface area contributed by atoms with Gasteiger partial charge in [0.15, 0.2) is 11.5 Å². The van der Waals surface area contributed by atoms with Gasteiger partial charge in [-0.15, -0.1) is 0 Å². The Hall–Kier alpha value is -3.09. The Balaban J connectivity index is 2.01. The van der Waals surface area contributed by atoms with Crippen molar-refractivity contribution < 1.29 is 23.7 Å². The van der Waals surface area contributed by atoms with E-state index in [4.69, 9.17) is 18.9 Å². The van der Waals surface area contributed by atoms with Crippen molar-refractivity contribution in [2.45, 2.75) is 0 Å². The van der Waals surface area contributed by atoms with Crippen LogP contribution in [0, 0.1) is 0 Å². The van der Waals surface area contributed by atoms with Crippen LogP contribution in [0.5, 0.6) is 23.0 Å². The topological polar surface area (TPSA) is 78.1 Å². The van der Waals surface area contributed by atoms with Crippen LogP contribution in [-0.2, 0) is 4.79 Å². The van der Waals surface area contributed by atoms with E-state index in [2.05, 4.69) is 10.6 Å². The van der Waals surface area contributed by atoms with Crippen LogP contribution in [0.1, 0.15) is 0 Å². The molecular formula is C18H22N2O5. The molecule has 0 aliphatic carbocycles. The van der Waals surface area contributed by atoms with Crippen LogP contribution in [-0.4, -0.2) is 40.9 Å². The average molecular weight is 346 g/mol. The minimum atomic E-state index is -0.182. The van der Waals surface area contributed by atoms with Crippen LogP contribution in [0.4, 0.5) is 11.4 Å².